The van der Waals surface area contributed by atoms with Gasteiger partial charge in [0.25, 0.3) is 5.91 Å². The summed E-state index contributed by atoms with van der Waals surface area (Å²) in [5.41, 5.74) is 1.70. The molecule has 1 atom stereocenters. The number of benzene rings is 1. The molecule has 2 aliphatic heterocycles. The van der Waals surface area contributed by atoms with Gasteiger partial charge in [0.05, 0.1) is 12.7 Å². The molecule has 6 nitrogen and oxygen atoms in total. The number of nitrogens with zero attached hydrogens (tertiary/aromatic N) is 2. The van der Waals surface area contributed by atoms with E-state index in [0.29, 0.717) is 31.0 Å². The molecule has 1 N–H and O–H groups in total. The molecule has 148 valence electrons. The first kappa shape index (κ1) is 19.8. The van der Waals surface area contributed by atoms with Crippen LogP contribution in [0.2, 0.25) is 0 Å². The number of hydrogen-bond donors (Lipinski definition) is 1. The highest BCUT2D eigenvalue weighted by atomic mass is 16.5. The van der Waals surface area contributed by atoms with Gasteiger partial charge < -0.3 is 15.0 Å². The molecule has 2 fully saturated rings. The second-order valence-electron chi connectivity index (χ2n) is 7.97. The minimum atomic E-state index is -0.0802. The van der Waals surface area contributed by atoms with Crippen LogP contribution in [-0.4, -0.2) is 67.0 Å². The summed E-state index contributed by atoms with van der Waals surface area (Å²) in [6.45, 7) is 10.0. The Hall–Kier alpha value is -1.92. The van der Waals surface area contributed by atoms with Gasteiger partial charge in [-0.1, -0.05) is 26.0 Å². The number of carbonyl (C=O) groups is 2. The number of nitrogens with one attached hydrogen (secondary N) is 1. The molecular formula is C21H31N3O3. The number of morpholine rings is 1. The highest BCUT2D eigenvalue weighted by Gasteiger charge is 2.22. The van der Waals surface area contributed by atoms with Gasteiger partial charge in [-0.3, -0.25) is 14.5 Å². The summed E-state index contributed by atoms with van der Waals surface area (Å²) in [4.78, 5) is 28.4. The smallest absolute Gasteiger partial charge is 0.251 e. The Morgan fingerprint density at radius 1 is 1.26 bits per heavy atom. The molecule has 2 amide bonds. The second kappa shape index (κ2) is 9.33. The fraction of sp³-hybridized carbons (Fsp3) is 0.619. The Labute approximate surface area is 161 Å². The fourth-order valence-corrected chi connectivity index (χ4v) is 3.75. The molecule has 0 bridgehead atoms. The molecule has 1 unspecified atom stereocenters. The molecule has 2 heterocycles. The monoisotopic (exact) mass is 373 g/mol. The van der Waals surface area contributed by atoms with E-state index in [0.717, 1.165) is 44.8 Å². The number of rotatable bonds is 7. The van der Waals surface area contributed by atoms with Gasteiger partial charge in [0.15, 0.2) is 0 Å². The van der Waals surface area contributed by atoms with E-state index < -0.39 is 0 Å². The van der Waals surface area contributed by atoms with Crippen molar-refractivity contribution in [2.24, 2.45) is 5.92 Å². The Balaban J connectivity index is 1.46. The lowest BCUT2D eigenvalue weighted by atomic mass is 10.1. The van der Waals surface area contributed by atoms with Gasteiger partial charge in [0.2, 0.25) is 5.91 Å². The molecule has 0 spiro atoms. The van der Waals surface area contributed by atoms with Crippen molar-refractivity contribution in [1.29, 1.82) is 0 Å². The van der Waals surface area contributed by atoms with Crippen molar-refractivity contribution in [1.82, 2.24) is 15.1 Å². The van der Waals surface area contributed by atoms with Crippen LogP contribution in [0, 0.1) is 5.92 Å². The topological polar surface area (TPSA) is 61.9 Å². The number of carbonyl (C=O) groups excluding carboxylic acids is 2. The maximum absolute atomic E-state index is 12.4. The Bertz CT molecular complexity index is 645. The molecule has 2 aliphatic rings. The molecule has 3 rings (SSSR count). The standard InChI is InChI=1S/C21H31N3O3/c1-16(2)13-23-10-11-27-19(15-23)12-22-21(26)18-7-5-17(6-8-18)14-24-9-3-4-20(24)25/h5-8,16,19H,3-4,9-15H2,1-2H3,(H,22,26). The van der Waals surface area contributed by atoms with Crippen LogP contribution in [0.3, 0.4) is 0 Å². The number of amides is 2. The van der Waals surface area contributed by atoms with E-state index >= 15 is 0 Å². The molecule has 1 aromatic carbocycles. The normalized spacial score (nSPS) is 21.1. The predicted octanol–water partition coefficient (Wildman–Crippen LogP) is 1.90. The van der Waals surface area contributed by atoms with Crippen LogP contribution in [0.5, 0.6) is 0 Å². The van der Waals surface area contributed by atoms with Crippen molar-refractivity contribution in [2.45, 2.75) is 39.3 Å². The largest absolute Gasteiger partial charge is 0.374 e. The zero-order valence-electron chi connectivity index (χ0n) is 16.4. The third-order valence-corrected chi connectivity index (χ3v) is 5.10. The predicted molar refractivity (Wildman–Crippen MR) is 104 cm³/mol. The lowest BCUT2D eigenvalue weighted by Crippen LogP contribution is -2.48. The van der Waals surface area contributed by atoms with Crippen LogP contribution >= 0.6 is 0 Å². The highest BCUT2D eigenvalue weighted by molar-refractivity contribution is 5.94. The van der Waals surface area contributed by atoms with E-state index in [1.807, 2.05) is 29.2 Å². The SMILES string of the molecule is CC(C)CN1CCOC(CNC(=O)c2ccc(CN3CCCC3=O)cc2)C1. The summed E-state index contributed by atoms with van der Waals surface area (Å²) < 4.78 is 5.79. The third kappa shape index (κ3) is 5.78. The van der Waals surface area contributed by atoms with E-state index in [1.165, 1.54) is 0 Å². The van der Waals surface area contributed by atoms with E-state index in [4.69, 9.17) is 4.74 Å². The molecule has 27 heavy (non-hydrogen) atoms. The summed E-state index contributed by atoms with van der Waals surface area (Å²) >= 11 is 0. The van der Waals surface area contributed by atoms with Crippen molar-refractivity contribution in [3.63, 3.8) is 0 Å². The van der Waals surface area contributed by atoms with Crippen LogP contribution in [0.25, 0.3) is 0 Å². The number of hydrogen-bond acceptors (Lipinski definition) is 4. The average Bonchev–Trinajstić information content (AvgIpc) is 3.05. The first-order chi connectivity index (χ1) is 13.0. The maximum Gasteiger partial charge on any atom is 0.251 e. The van der Waals surface area contributed by atoms with Crippen LogP contribution in [-0.2, 0) is 16.1 Å². The Morgan fingerprint density at radius 2 is 2.04 bits per heavy atom. The van der Waals surface area contributed by atoms with Gasteiger partial charge >= 0.3 is 0 Å². The highest BCUT2D eigenvalue weighted by Crippen LogP contribution is 2.15. The third-order valence-electron chi connectivity index (χ3n) is 5.10. The lowest BCUT2D eigenvalue weighted by molar-refractivity contribution is -0.128. The first-order valence-corrected chi connectivity index (χ1v) is 10.00. The Morgan fingerprint density at radius 3 is 2.70 bits per heavy atom. The summed E-state index contributed by atoms with van der Waals surface area (Å²) in [6.07, 6.45) is 1.64. The Kier molecular flexibility index (Phi) is 6.85. The van der Waals surface area contributed by atoms with Gasteiger partial charge in [-0.15, -0.1) is 0 Å². The fourth-order valence-electron chi connectivity index (χ4n) is 3.75. The van der Waals surface area contributed by atoms with Crippen LogP contribution < -0.4 is 5.32 Å². The van der Waals surface area contributed by atoms with Crippen molar-refractivity contribution in [2.75, 3.05) is 39.3 Å². The molecular weight excluding hydrogens is 342 g/mol. The van der Waals surface area contributed by atoms with E-state index in [9.17, 15) is 9.59 Å². The zero-order valence-corrected chi connectivity index (χ0v) is 16.4. The molecule has 0 aromatic heterocycles. The van der Waals surface area contributed by atoms with Crippen LogP contribution in [0.15, 0.2) is 24.3 Å². The minimum Gasteiger partial charge on any atom is -0.374 e. The van der Waals surface area contributed by atoms with Gasteiger partial charge in [0, 0.05) is 51.3 Å². The lowest BCUT2D eigenvalue weighted by Gasteiger charge is -2.33. The number of likely N-dealkylation sites (tertiary alicyclic amines) is 1. The van der Waals surface area contributed by atoms with E-state index in [2.05, 4.69) is 24.1 Å². The van der Waals surface area contributed by atoms with Gasteiger partial charge in [-0.2, -0.15) is 0 Å². The van der Waals surface area contributed by atoms with E-state index in [1.54, 1.807) is 0 Å². The summed E-state index contributed by atoms with van der Waals surface area (Å²) in [5.74, 6) is 0.770. The quantitative estimate of drug-likeness (QED) is 0.793. The van der Waals surface area contributed by atoms with Crippen LogP contribution in [0.1, 0.15) is 42.6 Å². The van der Waals surface area contributed by atoms with Crippen molar-refractivity contribution >= 4 is 11.8 Å². The first-order valence-electron chi connectivity index (χ1n) is 10.00. The van der Waals surface area contributed by atoms with Gasteiger partial charge in [-0.25, -0.2) is 0 Å². The van der Waals surface area contributed by atoms with E-state index in [-0.39, 0.29) is 17.9 Å². The molecule has 6 heteroatoms. The maximum atomic E-state index is 12.4. The summed E-state index contributed by atoms with van der Waals surface area (Å²) in [6, 6.07) is 7.53. The minimum absolute atomic E-state index is 0.0434. The average molecular weight is 373 g/mol. The van der Waals surface area contributed by atoms with Gasteiger partial charge in [0.1, 0.15) is 0 Å². The summed E-state index contributed by atoms with van der Waals surface area (Å²) in [5, 5.41) is 2.99. The summed E-state index contributed by atoms with van der Waals surface area (Å²) in [7, 11) is 0. The zero-order chi connectivity index (χ0) is 19.2. The van der Waals surface area contributed by atoms with Crippen molar-refractivity contribution in [3.8, 4) is 0 Å². The second-order valence-corrected chi connectivity index (χ2v) is 7.97. The van der Waals surface area contributed by atoms with Crippen molar-refractivity contribution < 1.29 is 14.3 Å². The molecule has 1 aromatic rings. The molecule has 0 aliphatic carbocycles. The molecule has 0 radical (unpaired) electrons. The van der Waals surface area contributed by atoms with Crippen LogP contribution in [0.4, 0.5) is 0 Å². The van der Waals surface area contributed by atoms with Crippen molar-refractivity contribution in [3.05, 3.63) is 35.4 Å². The molecule has 2 saturated heterocycles. The van der Waals surface area contributed by atoms with Gasteiger partial charge in [-0.05, 0) is 30.0 Å². The molecule has 0 saturated carbocycles. The number of ether oxygens (including phenoxy) is 1.